The quantitative estimate of drug-likeness (QED) is 0.805. The molecule has 0 heterocycles. The van der Waals surface area contributed by atoms with E-state index in [9.17, 15) is 5.11 Å². The van der Waals surface area contributed by atoms with Gasteiger partial charge in [-0.1, -0.05) is 19.9 Å². The van der Waals surface area contributed by atoms with Crippen LogP contribution in [0, 0.1) is 0 Å². The van der Waals surface area contributed by atoms with Crippen molar-refractivity contribution in [3.63, 3.8) is 0 Å². The van der Waals surface area contributed by atoms with Crippen LogP contribution < -0.4 is 10.1 Å². The smallest absolute Gasteiger partial charge is 0.119 e. The molecule has 0 spiro atoms. The highest BCUT2D eigenvalue weighted by Gasteiger charge is 2.23. The van der Waals surface area contributed by atoms with Gasteiger partial charge in [-0.2, -0.15) is 0 Å². The van der Waals surface area contributed by atoms with Crippen LogP contribution in [0.2, 0.25) is 0 Å². The Morgan fingerprint density at radius 1 is 1.30 bits per heavy atom. The average Bonchev–Trinajstić information content (AvgIpc) is 2.85. The van der Waals surface area contributed by atoms with E-state index < -0.39 is 0 Å². The van der Waals surface area contributed by atoms with E-state index in [4.69, 9.17) is 4.74 Å². The summed E-state index contributed by atoms with van der Waals surface area (Å²) in [5, 5.41) is 12.9. The molecule has 2 rings (SSSR count). The number of benzene rings is 1. The van der Waals surface area contributed by atoms with Crippen LogP contribution in [0.1, 0.15) is 44.7 Å². The fourth-order valence-electron chi connectivity index (χ4n) is 2.93. The number of nitrogens with one attached hydrogen (secondary N) is 1. The van der Waals surface area contributed by atoms with Gasteiger partial charge in [-0.3, -0.25) is 0 Å². The molecule has 1 aliphatic rings. The Kier molecular flexibility index (Phi) is 5.06. The van der Waals surface area contributed by atoms with E-state index in [2.05, 4.69) is 37.4 Å². The number of fused-ring (bicyclic) bond motifs is 1. The number of rotatable bonds is 7. The minimum Gasteiger partial charge on any atom is -0.494 e. The van der Waals surface area contributed by atoms with Crippen LogP contribution in [0.3, 0.4) is 0 Å². The van der Waals surface area contributed by atoms with Gasteiger partial charge in [0.05, 0.1) is 13.2 Å². The van der Waals surface area contributed by atoms with Crippen LogP contribution in [0.25, 0.3) is 0 Å². The summed E-state index contributed by atoms with van der Waals surface area (Å²) in [5.41, 5.74) is 2.64. The lowest BCUT2D eigenvalue weighted by Crippen LogP contribution is -2.49. The Labute approximate surface area is 122 Å². The molecular weight excluding hydrogens is 250 g/mol. The van der Waals surface area contributed by atoms with Crippen molar-refractivity contribution in [1.29, 1.82) is 0 Å². The van der Waals surface area contributed by atoms with Gasteiger partial charge in [-0.25, -0.2) is 0 Å². The second kappa shape index (κ2) is 6.59. The summed E-state index contributed by atoms with van der Waals surface area (Å²) in [7, 11) is 0. The molecule has 3 heteroatoms. The number of aryl methyl sites for hydroxylation is 2. The lowest BCUT2D eigenvalue weighted by molar-refractivity contribution is 0.136. The van der Waals surface area contributed by atoms with Gasteiger partial charge in [-0.05, 0) is 49.4 Å². The largest absolute Gasteiger partial charge is 0.494 e. The van der Waals surface area contributed by atoms with Crippen molar-refractivity contribution in [2.24, 2.45) is 0 Å². The summed E-state index contributed by atoms with van der Waals surface area (Å²) in [5.74, 6) is 0.954. The standard InChI is InChI=1S/C17H27NO2/c1-13(2)18-17(3,12-19)9-10-20-16-8-7-14-5-4-6-15(14)11-16/h7-8,11,13,18-19H,4-6,9-10,12H2,1-3H3. The van der Waals surface area contributed by atoms with Crippen LogP contribution in [-0.4, -0.2) is 29.9 Å². The summed E-state index contributed by atoms with van der Waals surface area (Å²) in [6, 6.07) is 6.78. The molecule has 0 bridgehead atoms. The van der Waals surface area contributed by atoms with Crippen molar-refractivity contribution in [3.8, 4) is 5.75 Å². The summed E-state index contributed by atoms with van der Waals surface area (Å²) in [4.78, 5) is 0. The van der Waals surface area contributed by atoms with Gasteiger partial charge in [0.1, 0.15) is 5.75 Å². The fourth-order valence-corrected chi connectivity index (χ4v) is 2.93. The third-order valence-corrected chi connectivity index (χ3v) is 3.98. The molecule has 1 unspecified atom stereocenters. The summed E-state index contributed by atoms with van der Waals surface area (Å²) < 4.78 is 5.86. The molecule has 3 nitrogen and oxygen atoms in total. The lowest BCUT2D eigenvalue weighted by Gasteiger charge is -2.31. The van der Waals surface area contributed by atoms with E-state index in [1.807, 2.05) is 6.92 Å². The highest BCUT2D eigenvalue weighted by molar-refractivity contribution is 5.38. The molecule has 0 aliphatic heterocycles. The van der Waals surface area contributed by atoms with E-state index in [1.165, 1.54) is 30.4 Å². The van der Waals surface area contributed by atoms with Crippen molar-refractivity contribution >= 4 is 0 Å². The van der Waals surface area contributed by atoms with Gasteiger partial charge in [0, 0.05) is 18.0 Å². The molecule has 0 saturated heterocycles. The highest BCUT2D eigenvalue weighted by Crippen LogP contribution is 2.26. The van der Waals surface area contributed by atoms with Gasteiger partial charge >= 0.3 is 0 Å². The third kappa shape index (κ3) is 3.97. The SMILES string of the molecule is CC(C)NC(C)(CO)CCOc1ccc2c(c1)CCC2. The monoisotopic (exact) mass is 277 g/mol. The van der Waals surface area contributed by atoms with Crippen molar-refractivity contribution in [2.45, 2.75) is 58.0 Å². The molecule has 0 aromatic heterocycles. The molecule has 1 aliphatic carbocycles. The minimum absolute atomic E-state index is 0.124. The molecule has 20 heavy (non-hydrogen) atoms. The Bertz CT molecular complexity index is 445. The van der Waals surface area contributed by atoms with Crippen LogP contribution in [0.5, 0.6) is 5.75 Å². The Morgan fingerprint density at radius 3 is 2.75 bits per heavy atom. The molecule has 112 valence electrons. The molecule has 0 amide bonds. The predicted molar refractivity (Wildman–Crippen MR) is 82.3 cm³/mol. The topological polar surface area (TPSA) is 41.5 Å². The zero-order chi connectivity index (χ0) is 14.6. The lowest BCUT2D eigenvalue weighted by atomic mass is 9.98. The van der Waals surface area contributed by atoms with Gasteiger partial charge in [-0.15, -0.1) is 0 Å². The van der Waals surface area contributed by atoms with Crippen molar-refractivity contribution in [2.75, 3.05) is 13.2 Å². The number of aliphatic hydroxyl groups excluding tert-OH is 1. The van der Waals surface area contributed by atoms with Gasteiger partial charge in [0.25, 0.3) is 0 Å². The van der Waals surface area contributed by atoms with Crippen molar-refractivity contribution in [1.82, 2.24) is 5.32 Å². The maximum atomic E-state index is 9.54. The predicted octanol–water partition coefficient (Wildman–Crippen LogP) is 2.69. The van der Waals surface area contributed by atoms with Gasteiger partial charge < -0.3 is 15.2 Å². The van der Waals surface area contributed by atoms with Crippen molar-refractivity contribution < 1.29 is 9.84 Å². The molecule has 0 saturated carbocycles. The first-order chi connectivity index (χ1) is 9.52. The Balaban J connectivity index is 1.86. The van der Waals surface area contributed by atoms with Crippen LogP contribution in [0.4, 0.5) is 0 Å². The second-order valence-electron chi connectivity index (χ2n) is 6.40. The minimum atomic E-state index is -0.273. The fraction of sp³-hybridized carbons (Fsp3) is 0.647. The maximum Gasteiger partial charge on any atom is 0.119 e. The average molecular weight is 277 g/mol. The van der Waals surface area contributed by atoms with Gasteiger partial charge in [0.2, 0.25) is 0 Å². The Hall–Kier alpha value is -1.06. The Morgan fingerprint density at radius 2 is 2.05 bits per heavy atom. The maximum absolute atomic E-state index is 9.54. The summed E-state index contributed by atoms with van der Waals surface area (Å²) >= 11 is 0. The van der Waals surface area contributed by atoms with E-state index >= 15 is 0 Å². The molecule has 1 aromatic rings. The first-order valence-corrected chi connectivity index (χ1v) is 7.65. The molecule has 0 fully saturated rings. The van der Waals surface area contributed by atoms with Crippen LogP contribution in [0.15, 0.2) is 18.2 Å². The molecule has 2 N–H and O–H groups in total. The second-order valence-corrected chi connectivity index (χ2v) is 6.40. The molecular formula is C17H27NO2. The first-order valence-electron chi connectivity index (χ1n) is 7.65. The van der Waals surface area contributed by atoms with E-state index in [-0.39, 0.29) is 12.1 Å². The number of ether oxygens (including phenoxy) is 1. The summed E-state index contributed by atoms with van der Waals surface area (Å²) in [6.45, 7) is 6.97. The van der Waals surface area contributed by atoms with Crippen molar-refractivity contribution in [3.05, 3.63) is 29.3 Å². The molecule has 1 atom stereocenters. The normalized spacial score (nSPS) is 17.1. The molecule has 1 aromatic carbocycles. The van der Waals surface area contributed by atoms with Crippen LogP contribution >= 0.6 is 0 Å². The number of hydrogen-bond acceptors (Lipinski definition) is 3. The third-order valence-electron chi connectivity index (χ3n) is 3.98. The first kappa shape index (κ1) is 15.3. The zero-order valence-electron chi connectivity index (χ0n) is 12.9. The van der Waals surface area contributed by atoms with E-state index in [0.29, 0.717) is 12.6 Å². The van der Waals surface area contributed by atoms with Gasteiger partial charge in [0.15, 0.2) is 0 Å². The summed E-state index contributed by atoms with van der Waals surface area (Å²) in [6.07, 6.45) is 4.44. The number of hydrogen-bond donors (Lipinski definition) is 2. The van der Waals surface area contributed by atoms with E-state index in [1.54, 1.807) is 0 Å². The molecule has 0 radical (unpaired) electrons. The van der Waals surface area contributed by atoms with E-state index in [0.717, 1.165) is 12.2 Å². The van der Waals surface area contributed by atoms with Crippen LogP contribution in [-0.2, 0) is 12.8 Å². The zero-order valence-corrected chi connectivity index (χ0v) is 12.9. The number of aliphatic hydroxyl groups is 1. The highest BCUT2D eigenvalue weighted by atomic mass is 16.5.